The van der Waals surface area contributed by atoms with E-state index in [9.17, 15) is 9.59 Å². The van der Waals surface area contributed by atoms with Crippen molar-refractivity contribution in [3.05, 3.63) is 24.3 Å². The van der Waals surface area contributed by atoms with E-state index < -0.39 is 0 Å². The zero-order chi connectivity index (χ0) is 17.4. The van der Waals surface area contributed by atoms with E-state index in [1.54, 1.807) is 6.07 Å². The maximum absolute atomic E-state index is 12.1. The quantitative estimate of drug-likeness (QED) is 0.636. The predicted molar refractivity (Wildman–Crippen MR) is 93.4 cm³/mol. The number of carbonyl (C=O) groups excluding carboxylic acids is 2. The molecule has 0 fully saturated rings. The number of hydrogen-bond donors (Lipinski definition) is 2. The fourth-order valence-corrected chi connectivity index (χ4v) is 2.75. The lowest BCUT2D eigenvalue weighted by Crippen LogP contribution is -3.09. The van der Waals surface area contributed by atoms with Crippen molar-refractivity contribution in [2.75, 3.05) is 44.7 Å². The average Bonchev–Trinajstić information content (AvgIpc) is 2.59. The predicted octanol–water partition coefficient (Wildman–Crippen LogP) is 0.233. The second-order valence-corrected chi connectivity index (χ2v) is 6.25. The highest BCUT2D eigenvalue weighted by Gasteiger charge is 2.26. The van der Waals surface area contributed by atoms with Crippen LogP contribution in [0.5, 0.6) is 5.75 Å². The number of amides is 2. The van der Waals surface area contributed by atoms with E-state index in [1.165, 1.54) is 29.2 Å². The lowest BCUT2D eigenvalue weighted by molar-refractivity contribution is -0.879. The molecule has 1 aromatic carbocycles. The molecule has 0 aromatic heterocycles. The Hall–Kier alpha value is -2.08. The minimum Gasteiger partial charge on any atom is -0.482 e. The fourth-order valence-electron chi connectivity index (χ4n) is 2.75. The SMILES string of the molecule is CCCC[NH+](C)CCCNC(=O)CN1C(=O)COc2ccccc21. The molecule has 0 bridgehead atoms. The van der Waals surface area contributed by atoms with Gasteiger partial charge in [-0.15, -0.1) is 0 Å². The Bertz CT molecular complexity index is 562. The molecule has 24 heavy (non-hydrogen) atoms. The van der Waals surface area contributed by atoms with E-state index in [0.29, 0.717) is 18.0 Å². The van der Waals surface area contributed by atoms with Gasteiger partial charge in [0.15, 0.2) is 6.61 Å². The number of para-hydroxylation sites is 2. The number of ether oxygens (including phenoxy) is 1. The van der Waals surface area contributed by atoms with Crippen LogP contribution in [0.2, 0.25) is 0 Å². The molecule has 0 saturated heterocycles. The molecule has 2 rings (SSSR count). The summed E-state index contributed by atoms with van der Waals surface area (Å²) in [6.45, 7) is 5.07. The molecule has 2 amide bonds. The summed E-state index contributed by atoms with van der Waals surface area (Å²) in [5.41, 5.74) is 0.660. The van der Waals surface area contributed by atoms with Crippen LogP contribution in [0, 0.1) is 0 Å². The summed E-state index contributed by atoms with van der Waals surface area (Å²) in [6.07, 6.45) is 3.38. The van der Waals surface area contributed by atoms with Gasteiger partial charge in [-0.3, -0.25) is 14.5 Å². The van der Waals surface area contributed by atoms with Crippen molar-refractivity contribution >= 4 is 17.5 Å². The number of nitrogens with zero attached hydrogens (tertiary/aromatic N) is 1. The maximum atomic E-state index is 12.1. The summed E-state index contributed by atoms with van der Waals surface area (Å²) in [7, 11) is 2.18. The molecule has 132 valence electrons. The van der Waals surface area contributed by atoms with Crippen LogP contribution in [0.4, 0.5) is 5.69 Å². The molecule has 1 aliphatic heterocycles. The third kappa shape index (κ3) is 5.23. The molecule has 6 nitrogen and oxygen atoms in total. The first-order valence-corrected chi connectivity index (χ1v) is 8.72. The van der Waals surface area contributed by atoms with Gasteiger partial charge in [0, 0.05) is 13.0 Å². The van der Waals surface area contributed by atoms with Gasteiger partial charge in [0.2, 0.25) is 5.91 Å². The zero-order valence-electron chi connectivity index (χ0n) is 14.6. The summed E-state index contributed by atoms with van der Waals surface area (Å²) in [5.74, 6) is 0.324. The molecular weight excluding hydrogens is 306 g/mol. The standard InChI is InChI=1S/C18H27N3O3/c1-3-4-11-20(2)12-7-10-19-17(22)13-21-15-8-5-6-9-16(15)24-14-18(21)23/h5-6,8-9H,3-4,7,10-14H2,1-2H3,(H,19,22)/p+1. The van der Waals surface area contributed by atoms with Gasteiger partial charge in [-0.2, -0.15) is 0 Å². The largest absolute Gasteiger partial charge is 0.482 e. The maximum Gasteiger partial charge on any atom is 0.265 e. The molecule has 1 aromatic rings. The number of nitrogens with one attached hydrogen (secondary N) is 2. The molecule has 1 heterocycles. The third-order valence-electron chi connectivity index (χ3n) is 4.17. The smallest absolute Gasteiger partial charge is 0.265 e. The van der Waals surface area contributed by atoms with Gasteiger partial charge in [-0.05, 0) is 18.6 Å². The summed E-state index contributed by atoms with van der Waals surface area (Å²) in [6, 6.07) is 7.29. The van der Waals surface area contributed by atoms with Gasteiger partial charge in [0.1, 0.15) is 12.3 Å². The van der Waals surface area contributed by atoms with Crippen molar-refractivity contribution in [3.8, 4) is 5.75 Å². The van der Waals surface area contributed by atoms with Gasteiger partial charge < -0.3 is 15.0 Å². The summed E-state index contributed by atoms with van der Waals surface area (Å²) < 4.78 is 5.38. The Labute approximate surface area is 143 Å². The Morgan fingerprint density at radius 3 is 2.83 bits per heavy atom. The topological polar surface area (TPSA) is 63.1 Å². The number of unbranched alkanes of at least 4 members (excludes halogenated alkanes) is 1. The molecule has 0 spiro atoms. The normalized spacial score (nSPS) is 14.8. The Balaban J connectivity index is 1.75. The second kappa shape index (κ2) is 9.27. The molecule has 6 heteroatoms. The molecule has 1 atom stereocenters. The second-order valence-electron chi connectivity index (χ2n) is 6.25. The first-order chi connectivity index (χ1) is 11.6. The van der Waals surface area contributed by atoms with E-state index in [0.717, 1.165) is 13.0 Å². The molecule has 1 unspecified atom stereocenters. The van der Waals surface area contributed by atoms with Crippen molar-refractivity contribution in [1.29, 1.82) is 0 Å². The highest BCUT2D eigenvalue weighted by Crippen LogP contribution is 2.30. The van der Waals surface area contributed by atoms with Gasteiger partial charge in [0.25, 0.3) is 5.91 Å². The summed E-state index contributed by atoms with van der Waals surface area (Å²) >= 11 is 0. The lowest BCUT2D eigenvalue weighted by atomic mass is 10.2. The Morgan fingerprint density at radius 1 is 1.29 bits per heavy atom. The number of fused-ring (bicyclic) bond motifs is 1. The molecule has 1 aliphatic rings. The van der Waals surface area contributed by atoms with Crippen molar-refractivity contribution < 1.29 is 19.2 Å². The number of benzene rings is 1. The molecule has 0 aliphatic carbocycles. The molecule has 0 saturated carbocycles. The molecule has 0 radical (unpaired) electrons. The van der Waals surface area contributed by atoms with Crippen LogP contribution in [0.25, 0.3) is 0 Å². The first kappa shape index (κ1) is 18.3. The average molecular weight is 334 g/mol. The number of quaternary nitrogens is 1. The Kier molecular flexibility index (Phi) is 7.06. The fraction of sp³-hybridized carbons (Fsp3) is 0.556. The number of anilines is 1. The van der Waals surface area contributed by atoms with Gasteiger partial charge in [0.05, 0.1) is 25.8 Å². The van der Waals surface area contributed by atoms with Gasteiger partial charge in [-0.25, -0.2) is 0 Å². The molecular formula is C18H28N3O3+. The number of hydrogen-bond acceptors (Lipinski definition) is 3. The van der Waals surface area contributed by atoms with Crippen LogP contribution in [0.15, 0.2) is 24.3 Å². The summed E-state index contributed by atoms with van der Waals surface area (Å²) in [4.78, 5) is 27.1. The van der Waals surface area contributed by atoms with Crippen LogP contribution in [0.3, 0.4) is 0 Å². The van der Waals surface area contributed by atoms with Crippen molar-refractivity contribution in [1.82, 2.24) is 5.32 Å². The van der Waals surface area contributed by atoms with E-state index in [4.69, 9.17) is 4.74 Å². The third-order valence-corrected chi connectivity index (χ3v) is 4.17. The number of rotatable bonds is 9. The van der Waals surface area contributed by atoms with Crippen LogP contribution in [-0.4, -0.2) is 51.6 Å². The van der Waals surface area contributed by atoms with Crippen molar-refractivity contribution in [2.24, 2.45) is 0 Å². The monoisotopic (exact) mass is 334 g/mol. The van der Waals surface area contributed by atoms with E-state index in [2.05, 4.69) is 19.3 Å². The lowest BCUT2D eigenvalue weighted by Gasteiger charge is -2.28. The highest BCUT2D eigenvalue weighted by atomic mass is 16.5. The van der Waals surface area contributed by atoms with Crippen LogP contribution < -0.4 is 19.9 Å². The Morgan fingerprint density at radius 2 is 2.04 bits per heavy atom. The van der Waals surface area contributed by atoms with E-state index in [1.807, 2.05) is 18.2 Å². The zero-order valence-corrected chi connectivity index (χ0v) is 14.6. The van der Waals surface area contributed by atoms with Crippen LogP contribution in [0.1, 0.15) is 26.2 Å². The van der Waals surface area contributed by atoms with Crippen molar-refractivity contribution in [3.63, 3.8) is 0 Å². The van der Waals surface area contributed by atoms with E-state index in [-0.39, 0.29) is 25.0 Å². The minimum atomic E-state index is -0.187. The van der Waals surface area contributed by atoms with Crippen LogP contribution >= 0.6 is 0 Å². The molecule has 2 N–H and O–H groups in total. The van der Waals surface area contributed by atoms with Gasteiger partial charge >= 0.3 is 0 Å². The first-order valence-electron chi connectivity index (χ1n) is 8.72. The highest BCUT2D eigenvalue weighted by molar-refractivity contribution is 6.02. The summed E-state index contributed by atoms with van der Waals surface area (Å²) in [5, 5.41) is 2.91. The number of carbonyl (C=O) groups is 2. The van der Waals surface area contributed by atoms with E-state index >= 15 is 0 Å². The van der Waals surface area contributed by atoms with Crippen LogP contribution in [-0.2, 0) is 9.59 Å². The van der Waals surface area contributed by atoms with Gasteiger partial charge in [-0.1, -0.05) is 25.5 Å². The van der Waals surface area contributed by atoms with Crippen molar-refractivity contribution in [2.45, 2.75) is 26.2 Å². The minimum absolute atomic E-state index is 0.0180.